The van der Waals surface area contributed by atoms with Gasteiger partial charge >= 0.3 is 5.97 Å². The first-order valence-electron chi connectivity index (χ1n) is 9.36. The average molecular weight is 350 g/mol. The van der Waals surface area contributed by atoms with Crippen LogP contribution in [0.2, 0.25) is 0 Å². The number of aliphatic hydroxyl groups excluding tert-OH is 1. The van der Waals surface area contributed by atoms with Crippen LogP contribution in [-0.2, 0) is 16.1 Å². The van der Waals surface area contributed by atoms with Crippen LogP contribution in [0.15, 0.2) is 52.6 Å². The van der Waals surface area contributed by atoms with Crippen molar-refractivity contribution in [1.29, 1.82) is 0 Å². The monoisotopic (exact) mass is 350 g/mol. The van der Waals surface area contributed by atoms with Crippen LogP contribution in [0.1, 0.15) is 31.2 Å². The van der Waals surface area contributed by atoms with E-state index < -0.39 is 5.60 Å². The summed E-state index contributed by atoms with van der Waals surface area (Å²) in [6, 6.07) is 8.14. The van der Waals surface area contributed by atoms with Crippen LogP contribution in [0.25, 0.3) is 0 Å². The highest BCUT2D eigenvalue weighted by atomic mass is 16.6. The summed E-state index contributed by atoms with van der Waals surface area (Å²) in [5, 5.41) is 9.15. The normalized spacial score (nSPS) is 32.9. The first kappa shape index (κ1) is 16.0. The summed E-state index contributed by atoms with van der Waals surface area (Å²) < 4.78 is 5.92. The lowest BCUT2D eigenvalue weighted by Gasteiger charge is -2.38. The number of hydrogen-bond donors (Lipinski definition) is 1. The van der Waals surface area contributed by atoms with Gasteiger partial charge in [0.1, 0.15) is 0 Å². The Balaban J connectivity index is 1.50. The quantitative estimate of drug-likeness (QED) is 0.672. The molecule has 0 aromatic heterocycles. The van der Waals surface area contributed by atoms with Crippen molar-refractivity contribution in [1.82, 2.24) is 4.90 Å². The molecule has 2 fully saturated rings. The Labute approximate surface area is 152 Å². The van der Waals surface area contributed by atoms with Gasteiger partial charge in [-0.05, 0) is 42.7 Å². The summed E-state index contributed by atoms with van der Waals surface area (Å²) in [5.41, 5.74) is 3.24. The van der Waals surface area contributed by atoms with E-state index in [4.69, 9.17) is 9.84 Å². The van der Waals surface area contributed by atoms with Crippen molar-refractivity contribution in [2.24, 2.45) is 4.99 Å². The smallest absolute Gasteiger partial charge is 0.332 e. The zero-order chi connectivity index (χ0) is 17.7. The van der Waals surface area contributed by atoms with Gasteiger partial charge in [0.15, 0.2) is 5.60 Å². The number of piperidine rings is 1. The van der Waals surface area contributed by atoms with Gasteiger partial charge < -0.3 is 9.84 Å². The van der Waals surface area contributed by atoms with E-state index in [1.54, 1.807) is 6.08 Å². The lowest BCUT2D eigenvalue weighted by Crippen LogP contribution is -2.48. The molecule has 0 saturated carbocycles. The Bertz CT molecular complexity index is 839. The highest BCUT2D eigenvalue weighted by Gasteiger charge is 2.61. The largest absolute Gasteiger partial charge is 0.449 e. The van der Waals surface area contributed by atoms with E-state index in [2.05, 4.69) is 16.0 Å². The van der Waals surface area contributed by atoms with Crippen molar-refractivity contribution < 1.29 is 14.6 Å². The highest BCUT2D eigenvalue weighted by Crippen LogP contribution is 2.53. The number of aliphatic imine (C=N–C) groups is 1. The lowest BCUT2D eigenvalue weighted by atomic mass is 9.77. The fourth-order valence-corrected chi connectivity index (χ4v) is 5.04. The molecule has 134 valence electrons. The van der Waals surface area contributed by atoms with E-state index in [0.29, 0.717) is 12.1 Å². The number of ether oxygens (including phenoxy) is 1. The molecule has 1 spiro atoms. The molecule has 2 saturated heterocycles. The van der Waals surface area contributed by atoms with Gasteiger partial charge in [-0.15, -0.1) is 0 Å². The second-order valence-corrected chi connectivity index (χ2v) is 7.59. The van der Waals surface area contributed by atoms with Crippen molar-refractivity contribution in [2.75, 3.05) is 6.54 Å². The molecule has 2 bridgehead atoms. The van der Waals surface area contributed by atoms with Gasteiger partial charge in [0.05, 0.1) is 18.3 Å². The molecule has 1 N–H and O–H groups in total. The van der Waals surface area contributed by atoms with Crippen molar-refractivity contribution >= 4 is 17.9 Å². The number of nitrogens with zero attached hydrogens (tertiary/aromatic N) is 2. The van der Waals surface area contributed by atoms with Crippen molar-refractivity contribution in [3.63, 3.8) is 0 Å². The number of hydrogen-bond acceptors (Lipinski definition) is 5. The third kappa shape index (κ3) is 2.31. The van der Waals surface area contributed by atoms with Crippen LogP contribution in [0.3, 0.4) is 0 Å². The van der Waals surface area contributed by atoms with Crippen molar-refractivity contribution in [3.05, 3.63) is 53.1 Å². The predicted octanol–water partition coefficient (Wildman–Crippen LogP) is 2.67. The molecule has 5 rings (SSSR count). The lowest BCUT2D eigenvalue weighted by molar-refractivity contribution is -0.148. The number of esters is 1. The number of carbonyl (C=O) groups excluding carboxylic acids is 1. The minimum absolute atomic E-state index is 0.0307. The number of benzene rings is 1. The van der Waals surface area contributed by atoms with Gasteiger partial charge in [0, 0.05) is 30.3 Å². The molecule has 1 aliphatic carbocycles. The van der Waals surface area contributed by atoms with Crippen LogP contribution in [0.5, 0.6) is 0 Å². The predicted molar refractivity (Wildman–Crippen MR) is 98.3 cm³/mol. The topological polar surface area (TPSA) is 62.1 Å². The Morgan fingerprint density at radius 1 is 1.31 bits per heavy atom. The van der Waals surface area contributed by atoms with Gasteiger partial charge in [-0.3, -0.25) is 9.89 Å². The van der Waals surface area contributed by atoms with E-state index in [0.717, 1.165) is 41.8 Å². The fraction of sp³-hybridized carbons (Fsp3) is 0.429. The van der Waals surface area contributed by atoms with Crippen molar-refractivity contribution in [2.45, 2.75) is 50.0 Å². The third-order valence-electron chi connectivity index (χ3n) is 6.18. The average Bonchev–Trinajstić information content (AvgIpc) is 3.15. The Kier molecular flexibility index (Phi) is 3.62. The van der Waals surface area contributed by atoms with Gasteiger partial charge in [0.25, 0.3) is 0 Å². The molecule has 4 aliphatic rings. The molecule has 1 aromatic carbocycles. The SMILES string of the molecule is O=C1C=C2C(C=Nc3ccc(CO)cc3)=CC3CC2(O1)C1CCCCN31. The summed E-state index contributed by atoms with van der Waals surface area (Å²) in [5.74, 6) is -0.223. The first-order chi connectivity index (χ1) is 12.7. The van der Waals surface area contributed by atoms with E-state index in [1.165, 1.54) is 12.8 Å². The molecule has 3 atom stereocenters. The molecule has 26 heavy (non-hydrogen) atoms. The second-order valence-electron chi connectivity index (χ2n) is 7.59. The third-order valence-corrected chi connectivity index (χ3v) is 6.18. The Hall–Kier alpha value is -2.24. The number of carbonyl (C=O) groups is 1. The Morgan fingerprint density at radius 3 is 2.96 bits per heavy atom. The molecule has 3 unspecified atom stereocenters. The van der Waals surface area contributed by atoms with Crippen LogP contribution < -0.4 is 0 Å². The van der Waals surface area contributed by atoms with Crippen molar-refractivity contribution in [3.8, 4) is 0 Å². The molecular weight excluding hydrogens is 328 g/mol. The molecular formula is C21H22N2O3. The van der Waals surface area contributed by atoms with E-state index in [1.807, 2.05) is 30.5 Å². The number of aliphatic hydroxyl groups is 1. The minimum atomic E-state index is -0.473. The summed E-state index contributed by atoms with van der Waals surface area (Å²) in [4.78, 5) is 19.3. The summed E-state index contributed by atoms with van der Waals surface area (Å²) >= 11 is 0. The maximum Gasteiger partial charge on any atom is 0.332 e. The van der Waals surface area contributed by atoms with Gasteiger partial charge in [-0.25, -0.2) is 4.79 Å². The van der Waals surface area contributed by atoms with Crippen LogP contribution in [-0.4, -0.2) is 46.4 Å². The number of rotatable bonds is 3. The van der Waals surface area contributed by atoms with Gasteiger partial charge in [-0.1, -0.05) is 24.6 Å². The van der Waals surface area contributed by atoms with E-state index in [-0.39, 0.29) is 12.6 Å². The summed E-state index contributed by atoms with van der Waals surface area (Å²) in [6.07, 6.45) is 10.1. The van der Waals surface area contributed by atoms with Gasteiger partial charge in [-0.2, -0.15) is 0 Å². The van der Waals surface area contributed by atoms with Gasteiger partial charge in [0.2, 0.25) is 0 Å². The highest BCUT2D eigenvalue weighted by molar-refractivity contribution is 5.96. The summed E-state index contributed by atoms with van der Waals surface area (Å²) in [6.45, 7) is 1.11. The van der Waals surface area contributed by atoms with E-state index in [9.17, 15) is 4.79 Å². The summed E-state index contributed by atoms with van der Waals surface area (Å²) in [7, 11) is 0. The Morgan fingerprint density at radius 2 is 2.15 bits per heavy atom. The van der Waals surface area contributed by atoms with Crippen LogP contribution >= 0.6 is 0 Å². The molecule has 5 nitrogen and oxygen atoms in total. The fourth-order valence-electron chi connectivity index (χ4n) is 5.04. The minimum Gasteiger partial charge on any atom is -0.449 e. The molecule has 1 aromatic rings. The molecule has 0 amide bonds. The van der Waals surface area contributed by atoms with Crippen LogP contribution in [0.4, 0.5) is 5.69 Å². The first-order valence-corrected chi connectivity index (χ1v) is 9.36. The molecule has 3 aliphatic heterocycles. The zero-order valence-corrected chi connectivity index (χ0v) is 14.6. The molecule has 3 heterocycles. The zero-order valence-electron chi connectivity index (χ0n) is 14.6. The van der Waals surface area contributed by atoms with Crippen LogP contribution in [0, 0.1) is 0 Å². The standard InChI is InChI=1S/C21H22N2O3/c24-13-14-4-6-16(7-5-14)22-12-15-9-17-11-21(18(15)10-20(25)26-21)19-3-1-2-8-23(17)19/h4-7,9-10,12,17,19,24H,1-3,8,11,13H2. The maximum absolute atomic E-state index is 12.1. The maximum atomic E-state index is 12.1. The van der Waals surface area contributed by atoms with E-state index >= 15 is 0 Å². The molecule has 5 heteroatoms. The second kappa shape index (κ2) is 5.89. The molecule has 0 radical (unpaired) electrons. The number of fused-ring (bicyclic) bond motifs is 3.